The summed E-state index contributed by atoms with van der Waals surface area (Å²) in [6.07, 6.45) is 8.30. The first-order valence-electron chi connectivity index (χ1n) is 16.9. The summed E-state index contributed by atoms with van der Waals surface area (Å²) in [5, 5.41) is 8.00. The van der Waals surface area contributed by atoms with Gasteiger partial charge in [0.05, 0.1) is 42.5 Å². The van der Waals surface area contributed by atoms with E-state index in [-0.39, 0.29) is 11.9 Å². The number of nitrogens with zero attached hydrogens (tertiary/aromatic N) is 5. The number of aromatic nitrogens is 1. The Labute approximate surface area is 280 Å². The number of carbonyl (C=O) groups excluding carboxylic acids is 1. The van der Waals surface area contributed by atoms with E-state index in [1.54, 1.807) is 30.5 Å². The van der Waals surface area contributed by atoms with Gasteiger partial charge in [-0.3, -0.25) is 19.4 Å². The molecule has 0 unspecified atom stereocenters. The van der Waals surface area contributed by atoms with E-state index in [1.807, 2.05) is 12.1 Å². The van der Waals surface area contributed by atoms with Gasteiger partial charge in [0, 0.05) is 82.2 Å². The van der Waals surface area contributed by atoms with E-state index < -0.39 is 11.6 Å². The average molecular weight is 660 g/mol. The Morgan fingerprint density at radius 2 is 1.60 bits per heavy atom. The number of piperazine rings is 1. The van der Waals surface area contributed by atoms with Crippen molar-refractivity contribution >= 4 is 34.5 Å². The van der Waals surface area contributed by atoms with Gasteiger partial charge in [-0.2, -0.15) is 0 Å². The third kappa shape index (κ3) is 7.11. The number of hydrogen-bond acceptors (Lipinski definition) is 9. The smallest absolute Gasteiger partial charge is 0.247 e. The van der Waals surface area contributed by atoms with Gasteiger partial charge in [0.2, 0.25) is 5.91 Å². The van der Waals surface area contributed by atoms with E-state index in [4.69, 9.17) is 9.57 Å². The molecule has 0 spiro atoms. The highest BCUT2D eigenvalue weighted by molar-refractivity contribution is 6.02. The number of amides is 1. The summed E-state index contributed by atoms with van der Waals surface area (Å²) in [6.45, 7) is 10.4. The van der Waals surface area contributed by atoms with E-state index in [9.17, 15) is 13.6 Å². The molecule has 1 saturated carbocycles. The third-order valence-corrected chi connectivity index (χ3v) is 9.93. The number of benzene rings is 2. The van der Waals surface area contributed by atoms with Gasteiger partial charge in [-0.1, -0.05) is 6.58 Å². The van der Waals surface area contributed by atoms with Crippen molar-refractivity contribution in [2.75, 3.05) is 73.6 Å². The largest absolute Gasteiger partial charge is 0.494 e. The van der Waals surface area contributed by atoms with Crippen molar-refractivity contribution in [2.24, 2.45) is 0 Å². The Hall–Kier alpha value is -4.26. The quantitative estimate of drug-likeness (QED) is 0.260. The van der Waals surface area contributed by atoms with Gasteiger partial charge < -0.3 is 20.3 Å². The second-order valence-corrected chi connectivity index (χ2v) is 13.0. The fraction of sp³-hybridized carbons (Fsp3) is 0.444. The third-order valence-electron chi connectivity index (χ3n) is 9.93. The summed E-state index contributed by atoms with van der Waals surface area (Å²) < 4.78 is 33.9. The number of piperidine rings is 1. The van der Waals surface area contributed by atoms with Crippen LogP contribution in [0.2, 0.25) is 0 Å². The highest BCUT2D eigenvalue weighted by atomic mass is 19.1. The van der Waals surface area contributed by atoms with Gasteiger partial charge in [0.15, 0.2) is 0 Å². The fourth-order valence-electron chi connectivity index (χ4n) is 7.32. The van der Waals surface area contributed by atoms with Crippen LogP contribution in [0.1, 0.15) is 43.7 Å². The van der Waals surface area contributed by atoms with Crippen LogP contribution in [0.3, 0.4) is 0 Å². The number of carbonyl (C=O) groups is 1. The van der Waals surface area contributed by atoms with Gasteiger partial charge >= 0.3 is 0 Å². The lowest BCUT2D eigenvalue weighted by atomic mass is 10.0. The van der Waals surface area contributed by atoms with Crippen LogP contribution in [0.5, 0.6) is 5.75 Å². The van der Waals surface area contributed by atoms with E-state index in [0.717, 1.165) is 56.8 Å². The minimum absolute atomic E-state index is 0.304. The number of hydroxylamine groups is 1. The summed E-state index contributed by atoms with van der Waals surface area (Å²) in [4.78, 5) is 30.6. The zero-order valence-electron chi connectivity index (χ0n) is 27.3. The molecule has 4 fully saturated rings. The molecule has 0 radical (unpaired) electrons. The van der Waals surface area contributed by atoms with Crippen LogP contribution in [0, 0.1) is 11.6 Å². The van der Waals surface area contributed by atoms with Crippen molar-refractivity contribution < 1.29 is 23.1 Å². The fourth-order valence-corrected chi connectivity index (χ4v) is 7.32. The van der Waals surface area contributed by atoms with Gasteiger partial charge in [0.1, 0.15) is 23.2 Å². The van der Waals surface area contributed by atoms with E-state index in [0.29, 0.717) is 53.3 Å². The molecule has 1 amide bonds. The summed E-state index contributed by atoms with van der Waals surface area (Å²) >= 11 is 0. The first-order valence-corrected chi connectivity index (χ1v) is 16.9. The van der Waals surface area contributed by atoms with Crippen molar-refractivity contribution in [3.05, 3.63) is 78.5 Å². The lowest BCUT2D eigenvalue weighted by Crippen LogP contribution is -2.53. The zero-order valence-corrected chi connectivity index (χ0v) is 27.3. The van der Waals surface area contributed by atoms with E-state index in [1.165, 1.54) is 44.1 Å². The van der Waals surface area contributed by atoms with Crippen molar-refractivity contribution in [2.45, 2.75) is 50.2 Å². The Bertz CT molecular complexity index is 1620. The standard InChI is InChI=1S/C36H43F2N7O3/c1-3-36(46)41-30-22-31(40-35-21-29(6-10-39-35)45-32(9-17-48-45)24-18-25(37)20-26(38)19-24)34(47-2)23-33(30)44-11-7-28(8-12-44)43-15-13-42(14-16-43)27-4-5-27/h3,6,10,18-23,27-28,32H,1,4-5,7-9,11-17H2,2H3,(H,39,40)(H,41,46)/t32-/m1/s1. The number of nitrogens with one attached hydrogen (secondary N) is 2. The maximum absolute atomic E-state index is 14.0. The molecule has 1 aliphatic carbocycles. The molecule has 3 saturated heterocycles. The molecular formula is C36H43F2N7O3. The average Bonchev–Trinajstić information content (AvgIpc) is 3.83. The molecule has 4 aliphatic rings. The van der Waals surface area contributed by atoms with E-state index >= 15 is 0 Å². The first-order chi connectivity index (χ1) is 23.4. The molecule has 12 heteroatoms. The maximum Gasteiger partial charge on any atom is 0.247 e. The molecular weight excluding hydrogens is 616 g/mol. The maximum atomic E-state index is 14.0. The predicted molar refractivity (Wildman–Crippen MR) is 183 cm³/mol. The highest BCUT2D eigenvalue weighted by Gasteiger charge is 2.34. The van der Waals surface area contributed by atoms with E-state index in [2.05, 4.69) is 36.9 Å². The molecule has 3 aromatic rings. The Kier molecular flexibility index (Phi) is 9.47. The molecule has 254 valence electrons. The molecule has 2 N–H and O–H groups in total. The van der Waals surface area contributed by atoms with Crippen molar-refractivity contribution in [3.63, 3.8) is 0 Å². The highest BCUT2D eigenvalue weighted by Crippen LogP contribution is 2.41. The summed E-state index contributed by atoms with van der Waals surface area (Å²) in [6, 6.07) is 12.0. The monoisotopic (exact) mass is 659 g/mol. The second-order valence-electron chi connectivity index (χ2n) is 13.0. The summed E-state index contributed by atoms with van der Waals surface area (Å²) in [5.74, 6) is -0.466. The normalized spacial score (nSPS) is 20.9. The minimum atomic E-state index is -0.629. The van der Waals surface area contributed by atoms with Gasteiger partial charge in [-0.05, 0) is 61.6 Å². The number of hydrogen-bond donors (Lipinski definition) is 2. The molecule has 10 nitrogen and oxygen atoms in total. The molecule has 1 aromatic heterocycles. The van der Waals surface area contributed by atoms with Crippen LogP contribution in [-0.2, 0) is 9.63 Å². The van der Waals surface area contributed by atoms with Crippen LogP contribution in [-0.4, -0.2) is 85.8 Å². The molecule has 0 bridgehead atoms. The molecule has 48 heavy (non-hydrogen) atoms. The number of anilines is 5. The second kappa shape index (κ2) is 14.1. The van der Waals surface area contributed by atoms with Crippen LogP contribution in [0.15, 0.2) is 61.3 Å². The Balaban J connectivity index is 1.08. The number of ether oxygens (including phenoxy) is 1. The van der Waals surface area contributed by atoms with Gasteiger partial charge in [-0.15, -0.1) is 0 Å². The minimum Gasteiger partial charge on any atom is -0.494 e. The molecule has 7 rings (SSSR count). The topological polar surface area (TPSA) is 85.4 Å². The number of halogens is 2. The molecule has 1 atom stereocenters. The molecule has 3 aliphatic heterocycles. The predicted octanol–water partition coefficient (Wildman–Crippen LogP) is 5.87. The van der Waals surface area contributed by atoms with Gasteiger partial charge in [0.25, 0.3) is 0 Å². The Morgan fingerprint density at radius 3 is 2.25 bits per heavy atom. The molecule has 4 heterocycles. The SMILES string of the molecule is C=CC(=O)Nc1cc(Nc2cc(N3OCC[C@@H]3c3cc(F)cc(F)c3)ccn2)c(OC)cc1N1CCC(N2CCN(C3CC3)CC2)CC1. The number of methoxy groups -OCH3 is 1. The molecule has 2 aromatic carbocycles. The number of pyridine rings is 1. The van der Waals surface area contributed by atoms with Crippen LogP contribution in [0.4, 0.5) is 37.3 Å². The van der Waals surface area contributed by atoms with Crippen molar-refractivity contribution in [1.82, 2.24) is 14.8 Å². The Morgan fingerprint density at radius 1 is 0.917 bits per heavy atom. The van der Waals surface area contributed by atoms with Crippen molar-refractivity contribution in [1.29, 1.82) is 0 Å². The van der Waals surface area contributed by atoms with Crippen LogP contribution in [0.25, 0.3) is 0 Å². The van der Waals surface area contributed by atoms with Crippen LogP contribution < -0.4 is 25.3 Å². The lowest BCUT2D eigenvalue weighted by Gasteiger charge is -2.43. The van der Waals surface area contributed by atoms with Crippen molar-refractivity contribution in [3.8, 4) is 5.75 Å². The lowest BCUT2D eigenvalue weighted by molar-refractivity contribution is -0.111. The zero-order chi connectivity index (χ0) is 33.2. The summed E-state index contributed by atoms with van der Waals surface area (Å²) in [5.41, 5.74) is 3.32. The first kappa shape index (κ1) is 32.3. The van der Waals surface area contributed by atoms with Gasteiger partial charge in [-0.25, -0.2) is 18.8 Å². The number of rotatable bonds is 10. The summed E-state index contributed by atoms with van der Waals surface area (Å²) in [7, 11) is 1.62. The van der Waals surface area contributed by atoms with Crippen LogP contribution >= 0.6 is 0 Å².